The summed E-state index contributed by atoms with van der Waals surface area (Å²) >= 11 is 0. The van der Waals surface area contributed by atoms with Gasteiger partial charge >= 0.3 is 5.97 Å². The molecule has 0 heterocycles. The Kier molecular flexibility index (Phi) is 8.88. The lowest BCUT2D eigenvalue weighted by Gasteiger charge is -2.29. The molecule has 1 saturated carbocycles. The number of esters is 1. The van der Waals surface area contributed by atoms with E-state index in [4.69, 9.17) is 4.74 Å². The molecule has 0 spiro atoms. The van der Waals surface area contributed by atoms with Crippen LogP contribution in [0.3, 0.4) is 0 Å². The molecule has 25 heavy (non-hydrogen) atoms. The smallest absolute Gasteiger partial charge is 0.309 e. The molecule has 2 unspecified atom stereocenters. The van der Waals surface area contributed by atoms with E-state index in [1.807, 2.05) is 20.8 Å². The van der Waals surface area contributed by atoms with Crippen molar-refractivity contribution in [3.8, 4) is 0 Å². The van der Waals surface area contributed by atoms with E-state index in [2.05, 4.69) is 32.9 Å². The molecule has 0 N–H and O–H groups in total. The van der Waals surface area contributed by atoms with Crippen LogP contribution in [0.1, 0.15) is 68.7 Å². The fourth-order valence-corrected chi connectivity index (χ4v) is 3.84. The molecular formula is C22H34O3. The molecule has 0 radical (unpaired) electrons. The number of ether oxygens (including phenoxy) is 1. The summed E-state index contributed by atoms with van der Waals surface area (Å²) < 4.78 is 5.18. The van der Waals surface area contributed by atoms with Crippen molar-refractivity contribution in [2.24, 2.45) is 11.8 Å². The van der Waals surface area contributed by atoms with Crippen LogP contribution in [0, 0.1) is 32.6 Å². The minimum absolute atomic E-state index is 0.178. The maximum absolute atomic E-state index is 12.9. The number of hydrogen-bond donors (Lipinski definition) is 0. The Morgan fingerprint density at radius 2 is 1.52 bits per heavy atom. The number of hydrogen-bond acceptors (Lipinski definition) is 3. The summed E-state index contributed by atoms with van der Waals surface area (Å²) in [6.45, 7) is 12.4. The minimum atomic E-state index is -0.248. The van der Waals surface area contributed by atoms with E-state index < -0.39 is 0 Å². The van der Waals surface area contributed by atoms with E-state index in [-0.39, 0.29) is 23.6 Å². The average molecular weight is 347 g/mol. The number of benzene rings is 1. The first-order valence-electron chi connectivity index (χ1n) is 9.70. The summed E-state index contributed by atoms with van der Waals surface area (Å²) in [7, 11) is 0. The predicted octanol–water partition coefficient (Wildman–Crippen LogP) is 5.12. The van der Waals surface area contributed by atoms with Gasteiger partial charge in [0.1, 0.15) is 5.78 Å². The maximum Gasteiger partial charge on any atom is 0.309 e. The van der Waals surface area contributed by atoms with Crippen LogP contribution in [-0.2, 0) is 20.7 Å². The molecular weight excluding hydrogens is 312 g/mol. The molecule has 2 atom stereocenters. The Hall–Kier alpha value is -1.64. The van der Waals surface area contributed by atoms with Crippen LogP contribution in [-0.4, -0.2) is 18.4 Å². The quantitative estimate of drug-likeness (QED) is 0.695. The van der Waals surface area contributed by atoms with Gasteiger partial charge in [0.25, 0.3) is 0 Å². The van der Waals surface area contributed by atoms with Gasteiger partial charge in [-0.25, -0.2) is 0 Å². The van der Waals surface area contributed by atoms with Crippen molar-refractivity contribution in [2.75, 3.05) is 6.61 Å². The molecule has 3 nitrogen and oxygen atoms in total. The fraction of sp³-hybridized carbons (Fsp3) is 0.636. The Morgan fingerprint density at radius 1 is 1.00 bits per heavy atom. The Labute approximate surface area is 153 Å². The van der Waals surface area contributed by atoms with Gasteiger partial charge in [-0.05, 0) is 57.2 Å². The highest BCUT2D eigenvalue weighted by molar-refractivity contribution is 5.88. The van der Waals surface area contributed by atoms with Crippen LogP contribution < -0.4 is 0 Å². The van der Waals surface area contributed by atoms with Gasteiger partial charge in [0, 0.05) is 12.3 Å². The van der Waals surface area contributed by atoms with Crippen LogP contribution >= 0.6 is 0 Å². The summed E-state index contributed by atoms with van der Waals surface area (Å²) in [5.74, 6) is -0.425. The Bertz CT molecular complexity index is 566. The number of carbonyl (C=O) groups excluding carboxylic acids is 2. The number of Topliss-reactive ketones (excluding diaryl/α,β-unsaturated/α-hetero) is 1. The average Bonchev–Trinajstić information content (AvgIpc) is 2.60. The third-order valence-electron chi connectivity index (χ3n) is 4.96. The molecule has 1 fully saturated rings. The van der Waals surface area contributed by atoms with Gasteiger partial charge in [-0.15, -0.1) is 0 Å². The highest BCUT2D eigenvalue weighted by Gasteiger charge is 2.36. The number of aryl methyl sites for hydroxylation is 3. The molecule has 0 amide bonds. The molecule has 1 aliphatic rings. The Balaban J connectivity index is 0.00000151. The minimum Gasteiger partial charge on any atom is -0.466 e. The summed E-state index contributed by atoms with van der Waals surface area (Å²) in [4.78, 5) is 25.0. The molecule has 3 heteroatoms. The molecule has 140 valence electrons. The van der Waals surface area contributed by atoms with Gasteiger partial charge in [0.05, 0.1) is 12.5 Å². The van der Waals surface area contributed by atoms with Crippen LogP contribution in [0.4, 0.5) is 0 Å². The highest BCUT2D eigenvalue weighted by atomic mass is 16.5. The van der Waals surface area contributed by atoms with E-state index in [1.165, 1.54) is 16.7 Å². The summed E-state index contributed by atoms with van der Waals surface area (Å²) in [6, 6.07) is 4.25. The Morgan fingerprint density at radius 3 is 2.04 bits per heavy atom. The molecule has 0 saturated heterocycles. The zero-order valence-corrected chi connectivity index (χ0v) is 16.8. The topological polar surface area (TPSA) is 43.4 Å². The fourth-order valence-electron chi connectivity index (χ4n) is 3.84. The molecule has 1 aliphatic carbocycles. The summed E-state index contributed by atoms with van der Waals surface area (Å²) in [5.41, 5.74) is 4.67. The highest BCUT2D eigenvalue weighted by Crippen LogP contribution is 2.33. The lowest BCUT2D eigenvalue weighted by molar-refractivity contribution is -0.153. The van der Waals surface area contributed by atoms with Crippen molar-refractivity contribution in [1.29, 1.82) is 0 Å². The summed E-state index contributed by atoms with van der Waals surface area (Å²) in [6.07, 6.45) is 4.06. The van der Waals surface area contributed by atoms with Gasteiger partial charge in [-0.1, -0.05) is 44.4 Å². The van der Waals surface area contributed by atoms with Gasteiger partial charge in [-0.2, -0.15) is 0 Å². The van der Waals surface area contributed by atoms with E-state index in [0.717, 1.165) is 31.2 Å². The molecule has 1 aromatic carbocycles. The third-order valence-corrected chi connectivity index (χ3v) is 4.96. The van der Waals surface area contributed by atoms with Crippen LogP contribution in [0.5, 0.6) is 0 Å². The van der Waals surface area contributed by atoms with E-state index in [9.17, 15) is 9.59 Å². The zero-order valence-electron chi connectivity index (χ0n) is 16.8. The summed E-state index contributed by atoms with van der Waals surface area (Å²) in [5, 5.41) is 0. The van der Waals surface area contributed by atoms with Crippen molar-refractivity contribution >= 4 is 11.8 Å². The second-order valence-electron chi connectivity index (χ2n) is 6.77. The SMILES string of the molecule is CC.CCOC(=O)C1CCCCC1C(=O)Cc1c(C)cc(C)cc1C. The van der Waals surface area contributed by atoms with Gasteiger partial charge in [-0.3, -0.25) is 9.59 Å². The molecule has 0 aliphatic heterocycles. The molecule has 2 rings (SSSR count). The van der Waals surface area contributed by atoms with Crippen LogP contribution in [0.2, 0.25) is 0 Å². The first kappa shape index (κ1) is 21.4. The van der Waals surface area contributed by atoms with Crippen molar-refractivity contribution in [3.05, 3.63) is 34.4 Å². The first-order chi connectivity index (χ1) is 11.9. The molecule has 0 aromatic heterocycles. The number of carbonyl (C=O) groups is 2. The third kappa shape index (κ3) is 5.69. The lowest BCUT2D eigenvalue weighted by Crippen LogP contribution is -2.35. The van der Waals surface area contributed by atoms with E-state index in [1.54, 1.807) is 0 Å². The van der Waals surface area contributed by atoms with Gasteiger partial charge in [0.2, 0.25) is 0 Å². The molecule has 1 aromatic rings. The van der Waals surface area contributed by atoms with Gasteiger partial charge < -0.3 is 4.74 Å². The number of ketones is 1. The van der Waals surface area contributed by atoms with Crippen molar-refractivity contribution in [2.45, 2.75) is 73.6 Å². The predicted molar refractivity (Wildman–Crippen MR) is 103 cm³/mol. The van der Waals surface area contributed by atoms with Crippen molar-refractivity contribution in [1.82, 2.24) is 0 Å². The second-order valence-corrected chi connectivity index (χ2v) is 6.77. The standard InChI is InChI=1S/C20H28O3.C2H6/c1-5-23-20(22)17-9-7-6-8-16(17)19(21)12-18-14(3)10-13(2)11-15(18)4;1-2/h10-11,16-17H,5-9,12H2,1-4H3;1-2H3. The zero-order chi connectivity index (χ0) is 19.0. The largest absolute Gasteiger partial charge is 0.466 e. The van der Waals surface area contributed by atoms with Crippen LogP contribution in [0.25, 0.3) is 0 Å². The van der Waals surface area contributed by atoms with E-state index in [0.29, 0.717) is 13.0 Å². The lowest BCUT2D eigenvalue weighted by atomic mass is 9.75. The maximum atomic E-state index is 12.9. The first-order valence-corrected chi connectivity index (χ1v) is 9.70. The van der Waals surface area contributed by atoms with Crippen LogP contribution in [0.15, 0.2) is 12.1 Å². The normalized spacial score (nSPS) is 19.6. The van der Waals surface area contributed by atoms with Crippen molar-refractivity contribution in [3.63, 3.8) is 0 Å². The van der Waals surface area contributed by atoms with Gasteiger partial charge in [0.15, 0.2) is 0 Å². The van der Waals surface area contributed by atoms with E-state index >= 15 is 0 Å². The van der Waals surface area contributed by atoms with Crippen molar-refractivity contribution < 1.29 is 14.3 Å². The monoisotopic (exact) mass is 346 g/mol. The molecule has 0 bridgehead atoms. The number of rotatable bonds is 5. The second kappa shape index (κ2) is 10.4.